The second kappa shape index (κ2) is 7.19. The molecule has 0 unspecified atom stereocenters. The molecule has 1 aromatic rings. The van der Waals surface area contributed by atoms with Crippen LogP contribution in [0, 0.1) is 0 Å². The highest BCUT2D eigenvalue weighted by atomic mass is 35.5. The van der Waals surface area contributed by atoms with E-state index in [9.17, 15) is 4.79 Å². The number of carbonyl (C=O) groups is 1. The molecule has 1 aliphatic heterocycles. The quantitative estimate of drug-likeness (QED) is 0.871. The first-order chi connectivity index (χ1) is 10.9. The van der Waals surface area contributed by atoms with Crippen LogP contribution >= 0.6 is 12.4 Å². The van der Waals surface area contributed by atoms with Crippen molar-refractivity contribution in [2.24, 2.45) is 5.73 Å². The van der Waals surface area contributed by atoms with Gasteiger partial charge in [0.15, 0.2) is 11.5 Å². The number of carbonyl (C=O) groups excluding carboxylic acids is 1. The molecule has 0 atom stereocenters. The molecule has 2 aliphatic rings. The average molecular weight is 355 g/mol. The minimum Gasteiger partial charge on any atom is -0.454 e. The number of hydrogen-bond donors (Lipinski definition) is 2. The summed E-state index contributed by atoms with van der Waals surface area (Å²) in [7, 11) is 0. The predicted molar refractivity (Wildman–Crippen MR) is 95.9 cm³/mol. The molecule has 0 aromatic heterocycles. The lowest BCUT2D eigenvalue weighted by molar-refractivity contribution is -0.127. The molecule has 1 saturated carbocycles. The van der Waals surface area contributed by atoms with E-state index in [2.05, 4.69) is 19.2 Å². The highest BCUT2D eigenvalue weighted by molar-refractivity contribution is 5.86. The molecule has 1 amide bonds. The highest BCUT2D eigenvalue weighted by Gasteiger charge is 2.36. The zero-order valence-electron chi connectivity index (χ0n) is 14.4. The number of ether oxygens (including phenoxy) is 2. The molecule has 0 saturated heterocycles. The summed E-state index contributed by atoms with van der Waals surface area (Å²) in [5.41, 5.74) is 6.51. The van der Waals surface area contributed by atoms with E-state index in [0.717, 1.165) is 42.7 Å². The van der Waals surface area contributed by atoms with Crippen LogP contribution in [0.5, 0.6) is 11.5 Å². The average Bonchev–Trinajstić information content (AvgIpc) is 3.01. The highest BCUT2D eigenvalue weighted by Crippen LogP contribution is 2.36. The molecule has 1 aliphatic carbocycles. The fourth-order valence-corrected chi connectivity index (χ4v) is 3.31. The van der Waals surface area contributed by atoms with E-state index in [1.807, 2.05) is 18.2 Å². The van der Waals surface area contributed by atoms with Crippen LogP contribution in [0.1, 0.15) is 51.5 Å². The molecule has 24 heavy (non-hydrogen) atoms. The number of halogens is 1. The molecule has 3 rings (SSSR count). The van der Waals surface area contributed by atoms with E-state index in [1.54, 1.807) is 0 Å². The van der Waals surface area contributed by atoms with E-state index in [1.165, 1.54) is 6.42 Å². The summed E-state index contributed by atoms with van der Waals surface area (Å²) >= 11 is 0. The Morgan fingerprint density at radius 1 is 1.21 bits per heavy atom. The lowest BCUT2D eigenvalue weighted by atomic mass is 9.80. The Bertz CT molecular complexity index is 598. The fraction of sp³-hybridized carbons (Fsp3) is 0.611. The van der Waals surface area contributed by atoms with Crippen LogP contribution in [0.3, 0.4) is 0 Å². The second-order valence-electron chi connectivity index (χ2n) is 7.35. The molecule has 0 spiro atoms. The van der Waals surface area contributed by atoms with E-state index < -0.39 is 5.54 Å². The van der Waals surface area contributed by atoms with Gasteiger partial charge in [-0.25, -0.2) is 0 Å². The second-order valence-corrected chi connectivity index (χ2v) is 7.35. The number of rotatable bonds is 4. The number of benzene rings is 1. The van der Waals surface area contributed by atoms with Crippen LogP contribution in [-0.4, -0.2) is 24.8 Å². The van der Waals surface area contributed by atoms with Crippen LogP contribution in [0.4, 0.5) is 0 Å². The summed E-state index contributed by atoms with van der Waals surface area (Å²) < 4.78 is 10.8. The third-order valence-electron chi connectivity index (χ3n) is 5.04. The maximum atomic E-state index is 12.5. The summed E-state index contributed by atoms with van der Waals surface area (Å²) in [6, 6.07) is 5.94. The number of amides is 1. The molecule has 3 N–H and O–H groups in total. The summed E-state index contributed by atoms with van der Waals surface area (Å²) in [4.78, 5) is 12.5. The van der Waals surface area contributed by atoms with Crippen LogP contribution in [0.15, 0.2) is 18.2 Å². The van der Waals surface area contributed by atoms with Crippen LogP contribution in [0.25, 0.3) is 0 Å². The van der Waals surface area contributed by atoms with Crippen LogP contribution < -0.4 is 20.5 Å². The van der Waals surface area contributed by atoms with Gasteiger partial charge in [-0.05, 0) is 30.5 Å². The molecule has 1 heterocycles. The topological polar surface area (TPSA) is 73.6 Å². The third kappa shape index (κ3) is 3.78. The summed E-state index contributed by atoms with van der Waals surface area (Å²) in [6.07, 6.45) is 4.81. The minimum absolute atomic E-state index is 0. The lowest BCUT2D eigenvalue weighted by Crippen LogP contribution is -2.56. The van der Waals surface area contributed by atoms with E-state index in [4.69, 9.17) is 15.2 Å². The first-order valence-electron chi connectivity index (χ1n) is 8.38. The number of nitrogens with one attached hydrogen (secondary N) is 1. The Balaban J connectivity index is 0.00000208. The lowest BCUT2D eigenvalue weighted by Gasteiger charge is -2.34. The van der Waals surface area contributed by atoms with Gasteiger partial charge in [-0.3, -0.25) is 4.79 Å². The summed E-state index contributed by atoms with van der Waals surface area (Å²) in [6.45, 7) is 5.03. The Hall–Kier alpha value is -1.46. The van der Waals surface area contributed by atoms with Crippen molar-refractivity contribution in [1.29, 1.82) is 0 Å². The Morgan fingerprint density at radius 3 is 2.58 bits per heavy atom. The monoisotopic (exact) mass is 354 g/mol. The number of nitrogens with two attached hydrogens (primary N) is 1. The van der Waals surface area contributed by atoms with Gasteiger partial charge < -0.3 is 20.5 Å². The van der Waals surface area contributed by atoms with E-state index in [-0.39, 0.29) is 30.5 Å². The molecule has 1 aromatic carbocycles. The molecule has 0 radical (unpaired) electrons. The van der Waals surface area contributed by atoms with Crippen LogP contribution in [0.2, 0.25) is 0 Å². The van der Waals surface area contributed by atoms with Gasteiger partial charge >= 0.3 is 0 Å². The van der Waals surface area contributed by atoms with E-state index >= 15 is 0 Å². The SMILES string of the molecule is CC(C)(CNC(=O)C1(N)CCCCC1)c1ccc2c(c1)OCO2.Cl. The van der Waals surface area contributed by atoms with Crippen molar-refractivity contribution < 1.29 is 14.3 Å². The number of hydrogen-bond acceptors (Lipinski definition) is 4. The Kier molecular flexibility index (Phi) is 5.66. The summed E-state index contributed by atoms with van der Waals surface area (Å²) in [5.74, 6) is 1.52. The first-order valence-corrected chi connectivity index (χ1v) is 8.38. The van der Waals surface area contributed by atoms with Crippen molar-refractivity contribution in [3.63, 3.8) is 0 Å². The van der Waals surface area contributed by atoms with Crippen molar-refractivity contribution >= 4 is 18.3 Å². The molecule has 1 fully saturated rings. The maximum Gasteiger partial charge on any atom is 0.240 e. The minimum atomic E-state index is -0.691. The maximum absolute atomic E-state index is 12.5. The number of fused-ring (bicyclic) bond motifs is 1. The standard InChI is InChI=1S/C18H26N2O3.ClH/c1-17(2,13-6-7-14-15(10-13)23-12-22-14)11-20-16(21)18(19)8-4-3-5-9-18;/h6-7,10H,3-5,8-9,11-12,19H2,1-2H3,(H,20,21);1H. The third-order valence-corrected chi connectivity index (χ3v) is 5.04. The predicted octanol–water partition coefficient (Wildman–Crippen LogP) is 2.89. The van der Waals surface area contributed by atoms with E-state index in [0.29, 0.717) is 6.54 Å². The smallest absolute Gasteiger partial charge is 0.240 e. The van der Waals surface area contributed by atoms with Crippen molar-refractivity contribution in [3.05, 3.63) is 23.8 Å². The van der Waals surface area contributed by atoms with Gasteiger partial charge in [0, 0.05) is 12.0 Å². The van der Waals surface area contributed by atoms with Gasteiger partial charge in [0.25, 0.3) is 0 Å². The molecular weight excluding hydrogens is 328 g/mol. The summed E-state index contributed by atoms with van der Waals surface area (Å²) in [5, 5.41) is 3.06. The van der Waals surface area contributed by atoms with Crippen LogP contribution in [-0.2, 0) is 10.2 Å². The van der Waals surface area contributed by atoms with Gasteiger partial charge in [-0.1, -0.05) is 39.2 Å². The molecule has 5 nitrogen and oxygen atoms in total. The van der Waals surface area contributed by atoms with Gasteiger partial charge in [-0.15, -0.1) is 12.4 Å². The normalized spacial score (nSPS) is 18.6. The molecular formula is C18H27ClN2O3. The zero-order valence-corrected chi connectivity index (χ0v) is 15.2. The molecule has 6 heteroatoms. The van der Waals surface area contributed by atoms with Gasteiger partial charge in [-0.2, -0.15) is 0 Å². The van der Waals surface area contributed by atoms with Crippen molar-refractivity contribution in [2.75, 3.05) is 13.3 Å². The van der Waals surface area contributed by atoms with Gasteiger partial charge in [0.1, 0.15) is 0 Å². The Labute approximate surface area is 149 Å². The van der Waals surface area contributed by atoms with Gasteiger partial charge in [0.05, 0.1) is 5.54 Å². The van der Waals surface area contributed by atoms with Crippen molar-refractivity contribution in [3.8, 4) is 11.5 Å². The van der Waals surface area contributed by atoms with Crippen molar-refractivity contribution in [2.45, 2.75) is 56.9 Å². The van der Waals surface area contributed by atoms with Gasteiger partial charge in [0.2, 0.25) is 12.7 Å². The Morgan fingerprint density at radius 2 is 1.88 bits per heavy atom. The largest absolute Gasteiger partial charge is 0.454 e. The first kappa shape index (κ1) is 18.9. The zero-order chi connectivity index (χ0) is 16.5. The molecule has 134 valence electrons. The fourth-order valence-electron chi connectivity index (χ4n) is 3.31. The molecule has 0 bridgehead atoms. The van der Waals surface area contributed by atoms with Crippen molar-refractivity contribution in [1.82, 2.24) is 5.32 Å².